The number of nitrogens with zero attached hydrogens (tertiary/aromatic N) is 3. The number of ether oxygens (including phenoxy) is 2. The highest BCUT2D eigenvalue weighted by molar-refractivity contribution is 8.00. The number of aromatic nitrogens is 2. The minimum absolute atomic E-state index is 0.0634. The first-order chi connectivity index (χ1) is 18.5. The van der Waals surface area contributed by atoms with Crippen molar-refractivity contribution in [3.05, 3.63) is 64.3 Å². The van der Waals surface area contributed by atoms with E-state index in [2.05, 4.69) is 26.1 Å². The number of anilines is 1. The second-order valence-corrected chi connectivity index (χ2v) is 12.2. The molecular weight excluding hydrogens is 536 g/mol. The van der Waals surface area contributed by atoms with Crippen molar-refractivity contribution in [2.45, 2.75) is 51.3 Å². The predicted molar refractivity (Wildman–Crippen MR) is 157 cm³/mol. The van der Waals surface area contributed by atoms with Crippen molar-refractivity contribution in [1.29, 1.82) is 0 Å². The van der Waals surface area contributed by atoms with Crippen LogP contribution in [0.3, 0.4) is 0 Å². The summed E-state index contributed by atoms with van der Waals surface area (Å²) in [6.07, 6.45) is 0. The zero-order chi connectivity index (χ0) is 28.5. The quantitative estimate of drug-likeness (QED) is 0.402. The molecule has 1 N–H and O–H groups in total. The highest BCUT2D eigenvalue weighted by Gasteiger charge is 2.40. The van der Waals surface area contributed by atoms with E-state index in [1.165, 1.54) is 11.8 Å². The fourth-order valence-corrected chi connectivity index (χ4v) is 6.06. The van der Waals surface area contributed by atoms with Crippen LogP contribution in [0, 0.1) is 0 Å². The molecule has 0 saturated carbocycles. The van der Waals surface area contributed by atoms with Gasteiger partial charge in [0.2, 0.25) is 11.8 Å². The zero-order valence-corrected chi connectivity index (χ0v) is 24.9. The number of hydrogen-bond donors (Lipinski definition) is 1. The summed E-state index contributed by atoms with van der Waals surface area (Å²) in [5.41, 5.74) is 2.86. The lowest BCUT2D eigenvalue weighted by Crippen LogP contribution is -2.44. The number of thioether (sulfide) groups is 1. The Hall–Kier alpha value is -3.17. The van der Waals surface area contributed by atoms with E-state index in [9.17, 15) is 9.59 Å². The Labute approximate surface area is 239 Å². The van der Waals surface area contributed by atoms with Crippen molar-refractivity contribution >= 4 is 41.0 Å². The smallest absolute Gasteiger partial charge is 0.240 e. The highest BCUT2D eigenvalue weighted by atomic mass is 35.5. The molecule has 0 fully saturated rings. The maximum atomic E-state index is 13.7. The van der Waals surface area contributed by atoms with Gasteiger partial charge in [0, 0.05) is 17.0 Å². The number of fused-ring (bicyclic) bond motifs is 1. The molecule has 208 valence electrons. The number of benzene rings is 2. The summed E-state index contributed by atoms with van der Waals surface area (Å²) in [5, 5.41) is 8.21. The molecule has 2 aromatic carbocycles. The zero-order valence-electron chi connectivity index (χ0n) is 23.4. The first-order valence-corrected chi connectivity index (χ1v) is 14.2. The third-order valence-electron chi connectivity index (χ3n) is 6.34. The Kier molecular flexibility index (Phi) is 8.51. The van der Waals surface area contributed by atoms with Crippen molar-refractivity contribution in [3.63, 3.8) is 0 Å². The monoisotopic (exact) mass is 570 g/mol. The average molecular weight is 571 g/mol. The van der Waals surface area contributed by atoms with Crippen LogP contribution in [-0.2, 0) is 15.0 Å². The standard InChI is InChI=1S/C29H35ClN4O4S/c1-17(2)31-23(35)15-33-24(36)16-39-26(18-12-13-21(37-6)22(14-18)38-7)25-27(29(3,4)5)32-34(28(25)33)20-11-9-8-10-19(20)30/h8-14,17,26H,15-16H2,1-7H3,(H,31,35). The Balaban J connectivity index is 2.03. The van der Waals surface area contributed by atoms with Crippen LogP contribution in [0.1, 0.15) is 56.7 Å². The van der Waals surface area contributed by atoms with Crippen LogP contribution in [0.25, 0.3) is 5.69 Å². The molecule has 0 aliphatic carbocycles. The maximum absolute atomic E-state index is 13.7. The van der Waals surface area contributed by atoms with Crippen LogP contribution in [0.5, 0.6) is 11.5 Å². The molecule has 8 nitrogen and oxygen atoms in total. The number of hydrogen-bond acceptors (Lipinski definition) is 6. The van der Waals surface area contributed by atoms with Crippen LogP contribution in [0.15, 0.2) is 42.5 Å². The summed E-state index contributed by atoms with van der Waals surface area (Å²) >= 11 is 8.17. The second-order valence-electron chi connectivity index (χ2n) is 10.7. The number of methoxy groups -OCH3 is 2. The summed E-state index contributed by atoms with van der Waals surface area (Å²) in [6.45, 7) is 9.91. The van der Waals surface area contributed by atoms with E-state index < -0.39 is 0 Å². The molecule has 3 aromatic rings. The molecule has 39 heavy (non-hydrogen) atoms. The highest BCUT2D eigenvalue weighted by Crippen LogP contribution is 2.49. The lowest BCUT2D eigenvalue weighted by Gasteiger charge is -2.25. The summed E-state index contributed by atoms with van der Waals surface area (Å²) in [7, 11) is 3.20. The van der Waals surface area contributed by atoms with E-state index in [-0.39, 0.29) is 40.8 Å². The van der Waals surface area contributed by atoms with Crippen molar-refractivity contribution in [2.24, 2.45) is 0 Å². The molecule has 1 aromatic heterocycles. The van der Waals surface area contributed by atoms with Gasteiger partial charge in [-0.25, -0.2) is 4.68 Å². The van der Waals surface area contributed by atoms with Gasteiger partial charge in [0.15, 0.2) is 11.5 Å². The number of para-hydroxylation sites is 1. The van der Waals surface area contributed by atoms with Gasteiger partial charge in [0.1, 0.15) is 12.4 Å². The maximum Gasteiger partial charge on any atom is 0.240 e. The number of rotatable bonds is 7. The van der Waals surface area contributed by atoms with Gasteiger partial charge in [0.05, 0.1) is 41.6 Å². The van der Waals surface area contributed by atoms with Crippen LogP contribution in [0.2, 0.25) is 5.02 Å². The van der Waals surface area contributed by atoms with Gasteiger partial charge in [-0.1, -0.05) is 50.6 Å². The Morgan fingerprint density at radius 1 is 1.15 bits per heavy atom. The van der Waals surface area contributed by atoms with Crippen molar-refractivity contribution in [2.75, 3.05) is 31.4 Å². The van der Waals surface area contributed by atoms with Crippen LogP contribution in [-0.4, -0.2) is 54.2 Å². The molecule has 1 aliphatic heterocycles. The third kappa shape index (κ3) is 5.89. The van der Waals surface area contributed by atoms with E-state index in [0.29, 0.717) is 28.0 Å². The fourth-order valence-electron chi connectivity index (χ4n) is 4.65. The summed E-state index contributed by atoms with van der Waals surface area (Å²) in [5.74, 6) is 1.50. The van der Waals surface area contributed by atoms with Gasteiger partial charge < -0.3 is 14.8 Å². The molecule has 1 atom stereocenters. The lowest BCUT2D eigenvalue weighted by molar-refractivity contribution is -0.123. The first-order valence-electron chi connectivity index (χ1n) is 12.8. The molecule has 0 bridgehead atoms. The first kappa shape index (κ1) is 28.8. The predicted octanol–water partition coefficient (Wildman–Crippen LogP) is 5.53. The number of amides is 2. The topological polar surface area (TPSA) is 85.7 Å². The molecule has 4 rings (SSSR count). The molecule has 1 unspecified atom stereocenters. The summed E-state index contributed by atoms with van der Waals surface area (Å²) < 4.78 is 12.8. The van der Waals surface area contributed by atoms with E-state index in [0.717, 1.165) is 16.8 Å². The molecule has 0 spiro atoms. The van der Waals surface area contributed by atoms with Gasteiger partial charge in [-0.3, -0.25) is 14.5 Å². The van der Waals surface area contributed by atoms with E-state index in [1.807, 2.05) is 50.2 Å². The fraction of sp³-hybridized carbons (Fsp3) is 0.414. The van der Waals surface area contributed by atoms with E-state index in [1.54, 1.807) is 29.9 Å². The number of carbonyl (C=O) groups is 2. The molecular formula is C29H35ClN4O4S. The molecule has 1 aliphatic rings. The van der Waals surface area contributed by atoms with Gasteiger partial charge in [-0.05, 0) is 43.7 Å². The molecule has 0 saturated heterocycles. The minimum Gasteiger partial charge on any atom is -0.493 e. The van der Waals surface area contributed by atoms with Crippen LogP contribution in [0.4, 0.5) is 5.82 Å². The number of nitrogens with one attached hydrogen (secondary N) is 1. The second kappa shape index (κ2) is 11.5. The van der Waals surface area contributed by atoms with Crippen molar-refractivity contribution in [3.8, 4) is 17.2 Å². The lowest BCUT2D eigenvalue weighted by atomic mass is 9.87. The van der Waals surface area contributed by atoms with Crippen molar-refractivity contribution in [1.82, 2.24) is 15.1 Å². The minimum atomic E-state index is -0.384. The van der Waals surface area contributed by atoms with Gasteiger partial charge in [-0.15, -0.1) is 11.8 Å². The summed E-state index contributed by atoms with van der Waals surface area (Å²) in [6, 6.07) is 13.1. The van der Waals surface area contributed by atoms with Gasteiger partial charge in [-0.2, -0.15) is 5.10 Å². The number of carbonyl (C=O) groups excluding carboxylic acids is 2. The third-order valence-corrected chi connectivity index (χ3v) is 7.92. The molecule has 10 heteroatoms. The Morgan fingerprint density at radius 3 is 2.46 bits per heavy atom. The normalized spacial score (nSPS) is 15.7. The SMILES string of the molecule is COc1ccc(C2SCC(=O)N(CC(=O)NC(C)C)c3c2c(C(C)(C)C)nn3-c2ccccc2Cl)cc1OC. The van der Waals surface area contributed by atoms with E-state index >= 15 is 0 Å². The van der Waals surface area contributed by atoms with Crippen LogP contribution >= 0.6 is 23.4 Å². The molecule has 2 heterocycles. The average Bonchev–Trinajstić information content (AvgIpc) is 3.21. The van der Waals surface area contributed by atoms with Crippen molar-refractivity contribution < 1.29 is 19.1 Å². The van der Waals surface area contributed by atoms with Gasteiger partial charge >= 0.3 is 0 Å². The molecule has 2 amide bonds. The molecule has 0 radical (unpaired) electrons. The Morgan fingerprint density at radius 2 is 1.85 bits per heavy atom. The largest absolute Gasteiger partial charge is 0.493 e. The Bertz CT molecular complexity index is 1380. The number of halogens is 1. The van der Waals surface area contributed by atoms with Crippen LogP contribution < -0.4 is 19.7 Å². The van der Waals surface area contributed by atoms with Gasteiger partial charge in [0.25, 0.3) is 0 Å². The summed E-state index contributed by atoms with van der Waals surface area (Å²) in [4.78, 5) is 28.3. The van der Waals surface area contributed by atoms with E-state index in [4.69, 9.17) is 26.2 Å².